The fourth-order valence-electron chi connectivity index (χ4n) is 4.40. The molecule has 3 aliphatic heterocycles. The molecule has 0 aliphatic carbocycles. The van der Waals surface area contributed by atoms with E-state index in [-0.39, 0.29) is 5.60 Å². The monoisotopic (exact) mass is 299 g/mol. The Labute approximate surface area is 127 Å². The molecule has 116 valence electrons. The molecule has 20 heavy (non-hydrogen) atoms. The van der Waals surface area contributed by atoms with E-state index in [1.165, 1.54) is 50.0 Å². The molecule has 3 heterocycles. The van der Waals surface area contributed by atoms with Gasteiger partial charge in [-0.25, -0.2) is 0 Å². The Kier molecular flexibility index (Phi) is 5.29. The first-order chi connectivity index (χ1) is 9.83. The number of ether oxygens (including phenoxy) is 2. The maximum atomic E-state index is 6.25. The van der Waals surface area contributed by atoms with E-state index in [9.17, 15) is 0 Å². The van der Waals surface area contributed by atoms with Crippen LogP contribution in [0.1, 0.15) is 38.5 Å². The Balaban J connectivity index is 1.64. The van der Waals surface area contributed by atoms with E-state index >= 15 is 0 Å². The van der Waals surface area contributed by atoms with Crippen molar-refractivity contribution in [1.82, 2.24) is 5.32 Å². The molecule has 4 heteroatoms. The molecule has 2 unspecified atom stereocenters. The van der Waals surface area contributed by atoms with Crippen molar-refractivity contribution >= 4 is 11.8 Å². The van der Waals surface area contributed by atoms with E-state index < -0.39 is 0 Å². The topological polar surface area (TPSA) is 30.5 Å². The lowest BCUT2D eigenvalue weighted by Crippen LogP contribution is -2.50. The molecule has 3 fully saturated rings. The second kappa shape index (κ2) is 6.99. The van der Waals surface area contributed by atoms with Gasteiger partial charge in [-0.2, -0.15) is 11.8 Å². The van der Waals surface area contributed by atoms with Crippen molar-refractivity contribution in [3.8, 4) is 0 Å². The van der Waals surface area contributed by atoms with Gasteiger partial charge in [0, 0.05) is 25.9 Å². The SMILES string of the molecule is CNC(C1CCOCC1)C1CCOC2(CCSCC2)C1. The zero-order valence-electron chi connectivity index (χ0n) is 12.7. The predicted molar refractivity (Wildman–Crippen MR) is 84.4 cm³/mol. The highest BCUT2D eigenvalue weighted by atomic mass is 32.2. The minimum Gasteiger partial charge on any atom is -0.381 e. The third-order valence-electron chi connectivity index (χ3n) is 5.55. The van der Waals surface area contributed by atoms with Gasteiger partial charge in [-0.1, -0.05) is 0 Å². The maximum absolute atomic E-state index is 6.25. The molecule has 2 atom stereocenters. The zero-order chi connectivity index (χ0) is 13.8. The number of hydrogen-bond acceptors (Lipinski definition) is 4. The molecule has 0 bridgehead atoms. The number of thioether (sulfide) groups is 1. The Morgan fingerprint density at radius 3 is 2.45 bits per heavy atom. The molecule has 0 aromatic rings. The lowest BCUT2D eigenvalue weighted by molar-refractivity contribution is -0.111. The minimum absolute atomic E-state index is 0.217. The molecule has 3 aliphatic rings. The molecule has 1 spiro atoms. The molecule has 3 saturated heterocycles. The van der Waals surface area contributed by atoms with E-state index in [0.717, 1.165) is 31.7 Å². The van der Waals surface area contributed by atoms with Crippen LogP contribution in [0.4, 0.5) is 0 Å². The van der Waals surface area contributed by atoms with Crippen molar-refractivity contribution in [2.75, 3.05) is 38.4 Å². The first-order valence-corrected chi connectivity index (χ1v) is 9.45. The van der Waals surface area contributed by atoms with Gasteiger partial charge in [0.2, 0.25) is 0 Å². The van der Waals surface area contributed by atoms with Gasteiger partial charge in [0.1, 0.15) is 0 Å². The van der Waals surface area contributed by atoms with Crippen LogP contribution < -0.4 is 5.32 Å². The van der Waals surface area contributed by atoms with E-state index in [2.05, 4.69) is 24.1 Å². The largest absolute Gasteiger partial charge is 0.381 e. The van der Waals surface area contributed by atoms with Gasteiger partial charge >= 0.3 is 0 Å². The summed E-state index contributed by atoms with van der Waals surface area (Å²) >= 11 is 2.09. The molecular weight excluding hydrogens is 270 g/mol. The third kappa shape index (κ3) is 3.34. The van der Waals surface area contributed by atoms with E-state index in [1.807, 2.05) is 0 Å². The van der Waals surface area contributed by atoms with Crippen molar-refractivity contribution in [2.45, 2.75) is 50.2 Å². The summed E-state index contributed by atoms with van der Waals surface area (Å²) in [5.41, 5.74) is 0.217. The predicted octanol–water partition coefficient (Wildman–Crippen LogP) is 2.69. The molecule has 0 amide bonds. The van der Waals surface area contributed by atoms with Crippen molar-refractivity contribution in [1.29, 1.82) is 0 Å². The smallest absolute Gasteiger partial charge is 0.0701 e. The first-order valence-electron chi connectivity index (χ1n) is 8.30. The van der Waals surface area contributed by atoms with Crippen LogP contribution in [0.5, 0.6) is 0 Å². The Morgan fingerprint density at radius 1 is 1.05 bits per heavy atom. The van der Waals surface area contributed by atoms with Crippen molar-refractivity contribution in [3.63, 3.8) is 0 Å². The molecule has 0 aromatic carbocycles. The summed E-state index contributed by atoms with van der Waals surface area (Å²) in [4.78, 5) is 0. The second-order valence-electron chi connectivity index (χ2n) is 6.66. The van der Waals surface area contributed by atoms with Crippen molar-refractivity contribution in [2.24, 2.45) is 11.8 Å². The van der Waals surface area contributed by atoms with E-state index in [0.29, 0.717) is 6.04 Å². The number of rotatable bonds is 3. The van der Waals surface area contributed by atoms with Crippen LogP contribution in [0.2, 0.25) is 0 Å². The van der Waals surface area contributed by atoms with E-state index in [4.69, 9.17) is 9.47 Å². The van der Waals surface area contributed by atoms with Crippen molar-refractivity contribution in [3.05, 3.63) is 0 Å². The van der Waals surface area contributed by atoms with Gasteiger partial charge in [0.15, 0.2) is 0 Å². The fraction of sp³-hybridized carbons (Fsp3) is 1.00. The lowest BCUT2D eigenvalue weighted by atomic mass is 9.74. The normalized spacial score (nSPS) is 33.1. The maximum Gasteiger partial charge on any atom is 0.0701 e. The average molecular weight is 299 g/mol. The van der Waals surface area contributed by atoms with Crippen LogP contribution >= 0.6 is 11.8 Å². The third-order valence-corrected chi connectivity index (χ3v) is 6.54. The summed E-state index contributed by atoms with van der Waals surface area (Å²) in [6, 6.07) is 0.661. The fourth-order valence-corrected chi connectivity index (χ4v) is 5.63. The molecule has 3 nitrogen and oxygen atoms in total. The van der Waals surface area contributed by atoms with E-state index in [1.54, 1.807) is 0 Å². The summed E-state index contributed by atoms with van der Waals surface area (Å²) in [5.74, 6) is 4.16. The highest BCUT2D eigenvalue weighted by Crippen LogP contribution is 2.42. The highest BCUT2D eigenvalue weighted by molar-refractivity contribution is 7.99. The summed E-state index contributed by atoms with van der Waals surface area (Å²) < 4.78 is 11.8. The van der Waals surface area contributed by atoms with Crippen LogP contribution in [-0.2, 0) is 9.47 Å². The van der Waals surface area contributed by atoms with Gasteiger partial charge in [-0.15, -0.1) is 0 Å². The molecular formula is C16H29NO2S. The highest BCUT2D eigenvalue weighted by Gasteiger charge is 2.42. The molecule has 1 N–H and O–H groups in total. The summed E-state index contributed by atoms with van der Waals surface area (Å²) in [7, 11) is 2.15. The van der Waals surface area contributed by atoms with Crippen LogP contribution in [0.15, 0.2) is 0 Å². The molecule has 0 saturated carbocycles. The zero-order valence-corrected chi connectivity index (χ0v) is 13.6. The lowest BCUT2D eigenvalue weighted by Gasteiger charge is -2.47. The number of nitrogens with one attached hydrogen (secondary N) is 1. The Bertz CT molecular complexity index is 295. The molecule has 0 radical (unpaired) electrons. The van der Waals surface area contributed by atoms with Crippen molar-refractivity contribution < 1.29 is 9.47 Å². The van der Waals surface area contributed by atoms with Crippen LogP contribution in [0, 0.1) is 11.8 Å². The van der Waals surface area contributed by atoms with Crippen LogP contribution in [0.25, 0.3) is 0 Å². The second-order valence-corrected chi connectivity index (χ2v) is 7.89. The summed E-state index contributed by atoms with van der Waals surface area (Å²) in [6.07, 6.45) is 7.49. The first kappa shape index (κ1) is 15.1. The van der Waals surface area contributed by atoms with Gasteiger partial charge in [0.05, 0.1) is 5.60 Å². The molecule has 0 aromatic heterocycles. The molecule has 3 rings (SSSR count). The number of hydrogen-bond donors (Lipinski definition) is 1. The Hall–Kier alpha value is 0.230. The Morgan fingerprint density at radius 2 is 1.75 bits per heavy atom. The van der Waals surface area contributed by atoms with Crippen LogP contribution in [-0.4, -0.2) is 50.0 Å². The summed E-state index contributed by atoms with van der Waals surface area (Å²) in [6.45, 7) is 2.87. The van der Waals surface area contributed by atoms with Crippen LogP contribution in [0.3, 0.4) is 0 Å². The van der Waals surface area contributed by atoms with Gasteiger partial charge in [0.25, 0.3) is 0 Å². The van der Waals surface area contributed by atoms with Gasteiger partial charge in [-0.05, 0) is 68.9 Å². The standard InChI is InChI=1S/C16H29NO2S/c1-17-15(13-2-7-18-8-3-13)14-4-9-19-16(12-14)5-10-20-11-6-16/h13-15,17H,2-12H2,1H3. The van der Waals surface area contributed by atoms with Gasteiger partial charge < -0.3 is 14.8 Å². The summed E-state index contributed by atoms with van der Waals surface area (Å²) in [5, 5.41) is 3.65. The van der Waals surface area contributed by atoms with Gasteiger partial charge in [-0.3, -0.25) is 0 Å². The average Bonchev–Trinajstić information content (AvgIpc) is 2.50. The quantitative estimate of drug-likeness (QED) is 0.868. The minimum atomic E-state index is 0.217.